The first-order chi connectivity index (χ1) is 9.72. The molecule has 0 heterocycles. The van der Waals surface area contributed by atoms with E-state index in [0.717, 1.165) is 23.7 Å². The van der Waals surface area contributed by atoms with Crippen LogP contribution in [0.25, 0.3) is 0 Å². The van der Waals surface area contributed by atoms with Crippen molar-refractivity contribution in [2.24, 2.45) is 0 Å². The minimum absolute atomic E-state index is 0.297. The summed E-state index contributed by atoms with van der Waals surface area (Å²) in [5.41, 5.74) is 2.54. The van der Waals surface area contributed by atoms with Gasteiger partial charge >= 0.3 is 0 Å². The molecule has 0 aromatic heterocycles. The van der Waals surface area contributed by atoms with Crippen LogP contribution in [0.4, 0.5) is 0 Å². The lowest BCUT2D eigenvalue weighted by atomic mass is 9.99. The van der Waals surface area contributed by atoms with Crippen LogP contribution >= 0.6 is 11.6 Å². The van der Waals surface area contributed by atoms with E-state index in [1.54, 1.807) is 7.11 Å². The lowest BCUT2D eigenvalue weighted by molar-refractivity contribution is 0.414. The van der Waals surface area contributed by atoms with Gasteiger partial charge in [-0.05, 0) is 48.4 Å². The summed E-state index contributed by atoms with van der Waals surface area (Å²) in [5.74, 6) is 0.889. The minimum Gasteiger partial charge on any atom is -0.497 e. The summed E-state index contributed by atoms with van der Waals surface area (Å²) in [6, 6.07) is 16.6. The smallest absolute Gasteiger partial charge is 0.118 e. The van der Waals surface area contributed by atoms with Gasteiger partial charge < -0.3 is 10.1 Å². The molecular formula is C17H20ClNO. The molecule has 0 aliphatic rings. The molecule has 1 unspecified atom stereocenters. The number of ether oxygens (including phenoxy) is 1. The molecule has 2 aromatic rings. The molecule has 0 bridgehead atoms. The lowest BCUT2D eigenvalue weighted by Gasteiger charge is -2.19. The van der Waals surface area contributed by atoms with Gasteiger partial charge in [0.15, 0.2) is 0 Å². The molecule has 0 fully saturated rings. The monoisotopic (exact) mass is 289 g/mol. The van der Waals surface area contributed by atoms with Crippen LogP contribution in [0.5, 0.6) is 5.75 Å². The average Bonchev–Trinajstić information content (AvgIpc) is 2.48. The maximum Gasteiger partial charge on any atom is 0.118 e. The van der Waals surface area contributed by atoms with E-state index in [0.29, 0.717) is 6.04 Å². The third-order valence-corrected chi connectivity index (χ3v) is 3.57. The number of hydrogen-bond donors (Lipinski definition) is 1. The van der Waals surface area contributed by atoms with Crippen molar-refractivity contribution in [1.29, 1.82) is 0 Å². The summed E-state index contributed by atoms with van der Waals surface area (Å²) in [7, 11) is 1.68. The quantitative estimate of drug-likeness (QED) is 0.859. The van der Waals surface area contributed by atoms with Gasteiger partial charge in [0.05, 0.1) is 7.11 Å². The minimum atomic E-state index is 0.297. The van der Waals surface area contributed by atoms with E-state index in [-0.39, 0.29) is 0 Å². The molecule has 0 saturated carbocycles. The summed E-state index contributed by atoms with van der Waals surface area (Å²) >= 11 is 5.95. The number of benzene rings is 2. The van der Waals surface area contributed by atoms with Crippen LogP contribution < -0.4 is 10.1 Å². The molecule has 0 spiro atoms. The molecule has 1 N–H and O–H groups in total. The van der Waals surface area contributed by atoms with Gasteiger partial charge in [0.1, 0.15) is 5.75 Å². The van der Waals surface area contributed by atoms with Gasteiger partial charge in [-0.2, -0.15) is 0 Å². The van der Waals surface area contributed by atoms with Gasteiger partial charge in [-0.3, -0.25) is 0 Å². The van der Waals surface area contributed by atoms with Gasteiger partial charge in [-0.1, -0.05) is 42.8 Å². The van der Waals surface area contributed by atoms with Crippen molar-refractivity contribution < 1.29 is 4.74 Å². The Balaban J connectivity index is 2.13. The Labute approximate surface area is 125 Å². The second-order valence-electron chi connectivity index (χ2n) is 4.71. The number of halogens is 1. The van der Waals surface area contributed by atoms with Crippen LogP contribution in [0.1, 0.15) is 24.1 Å². The zero-order valence-electron chi connectivity index (χ0n) is 11.9. The van der Waals surface area contributed by atoms with Crippen LogP contribution in [-0.2, 0) is 6.42 Å². The molecule has 0 saturated heterocycles. The van der Waals surface area contributed by atoms with Crippen molar-refractivity contribution in [2.45, 2.75) is 19.4 Å². The highest BCUT2D eigenvalue weighted by Crippen LogP contribution is 2.22. The SMILES string of the molecule is CCNC(Cc1ccc(OC)cc1)c1ccc(Cl)cc1. The zero-order chi connectivity index (χ0) is 14.4. The average molecular weight is 290 g/mol. The Hall–Kier alpha value is -1.51. The normalized spacial score (nSPS) is 12.2. The number of likely N-dealkylation sites (N-methyl/N-ethyl adjacent to an activating group) is 1. The fourth-order valence-electron chi connectivity index (χ4n) is 2.25. The largest absolute Gasteiger partial charge is 0.497 e. The summed E-state index contributed by atoms with van der Waals surface area (Å²) < 4.78 is 5.19. The summed E-state index contributed by atoms with van der Waals surface area (Å²) in [6.45, 7) is 3.06. The molecule has 0 aliphatic carbocycles. The first kappa shape index (κ1) is 14.9. The molecule has 3 heteroatoms. The Morgan fingerprint density at radius 2 is 1.70 bits per heavy atom. The molecule has 2 aromatic carbocycles. The van der Waals surface area contributed by atoms with Gasteiger partial charge in [0, 0.05) is 11.1 Å². The second kappa shape index (κ2) is 7.32. The molecule has 2 nitrogen and oxygen atoms in total. The Bertz CT molecular complexity index is 522. The van der Waals surface area contributed by atoms with Gasteiger partial charge in [0.2, 0.25) is 0 Å². The van der Waals surface area contributed by atoms with Crippen molar-refractivity contribution in [3.8, 4) is 5.75 Å². The number of hydrogen-bond acceptors (Lipinski definition) is 2. The first-order valence-electron chi connectivity index (χ1n) is 6.84. The molecule has 20 heavy (non-hydrogen) atoms. The van der Waals surface area contributed by atoms with E-state index >= 15 is 0 Å². The van der Waals surface area contributed by atoms with Crippen LogP contribution in [0.2, 0.25) is 5.02 Å². The van der Waals surface area contributed by atoms with E-state index in [1.807, 2.05) is 24.3 Å². The number of nitrogens with one attached hydrogen (secondary N) is 1. The topological polar surface area (TPSA) is 21.3 Å². The molecule has 0 aliphatic heterocycles. The van der Waals surface area contributed by atoms with E-state index < -0.39 is 0 Å². The maximum absolute atomic E-state index is 5.95. The van der Waals surface area contributed by atoms with Crippen molar-refractivity contribution in [3.05, 3.63) is 64.7 Å². The molecular weight excluding hydrogens is 270 g/mol. The molecule has 0 amide bonds. The fraction of sp³-hybridized carbons (Fsp3) is 0.294. The van der Waals surface area contributed by atoms with Crippen molar-refractivity contribution in [3.63, 3.8) is 0 Å². The molecule has 1 atom stereocenters. The summed E-state index contributed by atoms with van der Waals surface area (Å²) in [6.07, 6.45) is 0.944. The van der Waals surface area contributed by atoms with E-state index in [9.17, 15) is 0 Å². The zero-order valence-corrected chi connectivity index (χ0v) is 12.7. The first-order valence-corrected chi connectivity index (χ1v) is 7.22. The van der Waals surface area contributed by atoms with Crippen LogP contribution in [0.3, 0.4) is 0 Å². The van der Waals surface area contributed by atoms with Gasteiger partial charge in [-0.15, -0.1) is 0 Å². The van der Waals surface area contributed by atoms with Crippen LogP contribution in [0.15, 0.2) is 48.5 Å². The Morgan fingerprint density at radius 1 is 1.05 bits per heavy atom. The summed E-state index contributed by atoms with van der Waals surface area (Å²) in [5, 5.41) is 4.29. The van der Waals surface area contributed by atoms with Gasteiger partial charge in [0.25, 0.3) is 0 Å². The third kappa shape index (κ3) is 3.99. The highest BCUT2D eigenvalue weighted by atomic mass is 35.5. The van der Waals surface area contributed by atoms with E-state index in [1.165, 1.54) is 11.1 Å². The predicted octanol–water partition coefficient (Wildman–Crippen LogP) is 4.24. The maximum atomic E-state index is 5.95. The van der Waals surface area contributed by atoms with Crippen molar-refractivity contribution >= 4 is 11.6 Å². The number of methoxy groups -OCH3 is 1. The lowest BCUT2D eigenvalue weighted by Crippen LogP contribution is -2.22. The van der Waals surface area contributed by atoms with Crippen molar-refractivity contribution in [1.82, 2.24) is 5.32 Å². The van der Waals surface area contributed by atoms with E-state index in [2.05, 4.69) is 36.5 Å². The highest BCUT2D eigenvalue weighted by molar-refractivity contribution is 6.30. The molecule has 2 rings (SSSR count). The predicted molar refractivity (Wildman–Crippen MR) is 84.6 cm³/mol. The summed E-state index contributed by atoms with van der Waals surface area (Å²) in [4.78, 5) is 0. The fourth-order valence-corrected chi connectivity index (χ4v) is 2.37. The Morgan fingerprint density at radius 3 is 2.25 bits per heavy atom. The van der Waals surface area contributed by atoms with Gasteiger partial charge in [-0.25, -0.2) is 0 Å². The van der Waals surface area contributed by atoms with E-state index in [4.69, 9.17) is 16.3 Å². The van der Waals surface area contributed by atoms with Crippen LogP contribution in [0, 0.1) is 0 Å². The molecule has 106 valence electrons. The van der Waals surface area contributed by atoms with Crippen molar-refractivity contribution in [2.75, 3.05) is 13.7 Å². The Kier molecular flexibility index (Phi) is 5.45. The standard InChI is InChI=1S/C17H20ClNO/c1-3-19-17(14-6-8-15(18)9-7-14)12-13-4-10-16(20-2)11-5-13/h4-11,17,19H,3,12H2,1-2H3. The second-order valence-corrected chi connectivity index (χ2v) is 5.15. The highest BCUT2D eigenvalue weighted by Gasteiger charge is 2.11. The molecule has 0 radical (unpaired) electrons. The number of rotatable bonds is 6. The third-order valence-electron chi connectivity index (χ3n) is 3.32. The van der Waals surface area contributed by atoms with Crippen LogP contribution in [-0.4, -0.2) is 13.7 Å².